The van der Waals surface area contributed by atoms with Crippen LogP contribution in [0.3, 0.4) is 0 Å². The van der Waals surface area contributed by atoms with E-state index >= 15 is 0 Å². The van der Waals surface area contributed by atoms with Crippen molar-refractivity contribution in [2.75, 3.05) is 25.6 Å². The molecule has 0 atom stereocenters. The number of allylic oxidation sites excluding steroid dienone is 1. The van der Waals surface area contributed by atoms with Crippen LogP contribution in [-0.2, 0) is 4.79 Å². The SMILES string of the molecule is CN=CC(=CN)c1ccc2nnc(Sc3ccc4ncc5c(c4c3)OCC(=O)N5C)n2c1. The molecule has 1 aromatic carbocycles. The molecule has 1 amide bonds. The third-order valence-electron chi connectivity index (χ3n) is 5.21. The number of carbonyl (C=O) groups is 1. The molecule has 1 aliphatic heterocycles. The number of anilines is 1. The van der Waals surface area contributed by atoms with Crippen LogP contribution in [0.5, 0.6) is 5.75 Å². The fourth-order valence-electron chi connectivity index (χ4n) is 3.52. The Morgan fingerprint density at radius 2 is 2.16 bits per heavy atom. The molecule has 160 valence electrons. The van der Waals surface area contributed by atoms with Gasteiger partial charge in [-0.1, -0.05) is 0 Å². The minimum absolute atomic E-state index is 0.00956. The lowest BCUT2D eigenvalue weighted by Gasteiger charge is -2.26. The van der Waals surface area contributed by atoms with Crippen molar-refractivity contribution >= 4 is 51.7 Å². The summed E-state index contributed by atoms with van der Waals surface area (Å²) < 4.78 is 7.67. The van der Waals surface area contributed by atoms with Crippen molar-refractivity contribution in [2.24, 2.45) is 10.7 Å². The summed E-state index contributed by atoms with van der Waals surface area (Å²) in [6.07, 6.45) is 6.83. The minimum atomic E-state index is -0.103. The summed E-state index contributed by atoms with van der Waals surface area (Å²) in [6.45, 7) is 0.00956. The number of benzene rings is 1. The highest BCUT2D eigenvalue weighted by Gasteiger charge is 2.25. The van der Waals surface area contributed by atoms with Crippen LogP contribution < -0.4 is 15.4 Å². The van der Waals surface area contributed by atoms with Gasteiger partial charge in [0, 0.05) is 54.1 Å². The molecule has 2 N–H and O–H groups in total. The van der Waals surface area contributed by atoms with Crippen LogP contribution >= 0.6 is 11.8 Å². The third kappa shape index (κ3) is 3.34. The van der Waals surface area contributed by atoms with E-state index in [1.807, 2.05) is 40.9 Å². The number of hydrogen-bond acceptors (Lipinski definition) is 8. The predicted octanol–water partition coefficient (Wildman–Crippen LogP) is 2.78. The first-order valence-electron chi connectivity index (χ1n) is 9.78. The van der Waals surface area contributed by atoms with Crippen LogP contribution in [0.15, 0.2) is 64.0 Å². The molecule has 10 heteroatoms. The molecular weight excluding hydrogens is 426 g/mol. The molecule has 0 unspecified atom stereocenters. The van der Waals surface area contributed by atoms with E-state index < -0.39 is 0 Å². The van der Waals surface area contributed by atoms with Gasteiger partial charge in [0.15, 0.2) is 23.2 Å². The van der Waals surface area contributed by atoms with Crippen molar-refractivity contribution in [3.8, 4) is 5.75 Å². The van der Waals surface area contributed by atoms with Crippen molar-refractivity contribution in [3.63, 3.8) is 0 Å². The Morgan fingerprint density at radius 1 is 1.28 bits per heavy atom. The Bertz CT molecular complexity index is 1430. The van der Waals surface area contributed by atoms with Gasteiger partial charge >= 0.3 is 0 Å². The lowest BCUT2D eigenvalue weighted by molar-refractivity contribution is -0.120. The summed E-state index contributed by atoms with van der Waals surface area (Å²) >= 11 is 1.47. The van der Waals surface area contributed by atoms with Crippen molar-refractivity contribution in [2.45, 2.75) is 10.1 Å². The molecule has 0 fully saturated rings. The van der Waals surface area contributed by atoms with Gasteiger partial charge in [-0.3, -0.25) is 19.2 Å². The van der Waals surface area contributed by atoms with Crippen molar-refractivity contribution in [3.05, 3.63) is 54.5 Å². The van der Waals surface area contributed by atoms with Crippen LogP contribution in [0.1, 0.15) is 5.56 Å². The fourth-order valence-corrected chi connectivity index (χ4v) is 4.37. The maximum absolute atomic E-state index is 12.0. The van der Waals surface area contributed by atoms with Crippen LogP contribution in [0, 0.1) is 0 Å². The van der Waals surface area contributed by atoms with Crippen LogP contribution in [0.25, 0.3) is 22.1 Å². The van der Waals surface area contributed by atoms with Gasteiger partial charge in [0.05, 0.1) is 11.7 Å². The van der Waals surface area contributed by atoms with Gasteiger partial charge in [0.1, 0.15) is 5.69 Å². The van der Waals surface area contributed by atoms with Crippen LogP contribution in [0.4, 0.5) is 5.69 Å². The number of amides is 1. The molecule has 0 aliphatic carbocycles. The lowest BCUT2D eigenvalue weighted by Crippen LogP contribution is -2.35. The predicted molar refractivity (Wildman–Crippen MR) is 124 cm³/mol. The topological polar surface area (TPSA) is 111 Å². The number of aliphatic imine (C=N–C) groups is 1. The quantitative estimate of drug-likeness (QED) is 0.481. The van der Waals surface area contributed by atoms with Gasteiger partial charge in [0.25, 0.3) is 5.91 Å². The molecule has 32 heavy (non-hydrogen) atoms. The van der Waals surface area contributed by atoms with Gasteiger partial charge in [-0.05, 0) is 42.1 Å². The average Bonchev–Trinajstić information content (AvgIpc) is 3.21. The number of pyridine rings is 2. The minimum Gasteiger partial charge on any atom is -0.481 e. The maximum atomic E-state index is 12.0. The number of ether oxygens (including phenoxy) is 1. The molecule has 9 nitrogen and oxygen atoms in total. The lowest BCUT2D eigenvalue weighted by atomic mass is 10.1. The molecule has 1 aliphatic rings. The molecule has 0 radical (unpaired) electrons. The number of carbonyl (C=O) groups excluding carboxylic acids is 1. The summed E-state index contributed by atoms with van der Waals surface area (Å²) in [7, 11) is 3.43. The van der Waals surface area contributed by atoms with Crippen molar-refractivity contribution in [1.82, 2.24) is 19.6 Å². The van der Waals surface area contributed by atoms with Crippen LogP contribution in [0.2, 0.25) is 0 Å². The zero-order valence-corrected chi connectivity index (χ0v) is 18.2. The maximum Gasteiger partial charge on any atom is 0.264 e. The van der Waals surface area contributed by atoms with E-state index in [2.05, 4.69) is 20.2 Å². The smallest absolute Gasteiger partial charge is 0.264 e. The number of fused-ring (bicyclic) bond motifs is 4. The second kappa shape index (κ2) is 7.97. The molecule has 4 aromatic rings. The number of nitrogens with two attached hydrogens (primary N) is 1. The van der Waals surface area contributed by atoms with E-state index in [4.69, 9.17) is 10.5 Å². The highest BCUT2D eigenvalue weighted by atomic mass is 32.2. The second-order valence-electron chi connectivity index (χ2n) is 7.13. The van der Waals surface area contributed by atoms with E-state index in [0.29, 0.717) is 16.6 Å². The van der Waals surface area contributed by atoms with Crippen molar-refractivity contribution in [1.29, 1.82) is 0 Å². The summed E-state index contributed by atoms with van der Waals surface area (Å²) in [5.74, 6) is 0.554. The number of rotatable bonds is 4. The average molecular weight is 446 g/mol. The first kappa shape index (κ1) is 20.0. The summed E-state index contributed by atoms with van der Waals surface area (Å²) in [6, 6.07) is 9.72. The monoisotopic (exact) mass is 445 g/mol. The van der Waals surface area contributed by atoms with E-state index in [9.17, 15) is 4.79 Å². The van der Waals surface area contributed by atoms with Crippen LogP contribution in [-0.4, -0.2) is 52.4 Å². The molecule has 0 saturated heterocycles. The Balaban J connectivity index is 1.55. The highest BCUT2D eigenvalue weighted by molar-refractivity contribution is 7.99. The van der Waals surface area contributed by atoms with Gasteiger partial charge < -0.3 is 15.4 Å². The standard InChI is InChI=1S/C22H19N7O2S/c1-24-9-14(8-23)13-3-6-19-26-27-22(29(19)11-13)32-15-4-5-17-16(7-15)21-18(10-25-17)28(2)20(30)12-31-21/h3-11H,12,23H2,1-2H3. The van der Waals surface area contributed by atoms with Gasteiger partial charge in [-0.2, -0.15) is 0 Å². The van der Waals surface area contributed by atoms with E-state index in [-0.39, 0.29) is 12.5 Å². The zero-order chi connectivity index (χ0) is 22.2. The molecule has 0 saturated carbocycles. The van der Waals surface area contributed by atoms with E-state index in [1.165, 1.54) is 18.0 Å². The second-order valence-corrected chi connectivity index (χ2v) is 8.17. The molecular formula is C22H19N7O2S. The largest absolute Gasteiger partial charge is 0.481 e. The zero-order valence-electron chi connectivity index (χ0n) is 17.4. The van der Waals surface area contributed by atoms with E-state index in [0.717, 1.165) is 32.6 Å². The number of aromatic nitrogens is 4. The Hall–Kier alpha value is -3.92. The number of nitrogens with zero attached hydrogens (tertiary/aromatic N) is 6. The van der Waals surface area contributed by atoms with Crippen molar-refractivity contribution < 1.29 is 9.53 Å². The van der Waals surface area contributed by atoms with Gasteiger partial charge in [-0.15, -0.1) is 10.2 Å². The number of likely N-dealkylation sites (N-methyl/N-ethyl adjacent to an activating group) is 1. The molecule has 0 spiro atoms. The molecule has 3 aromatic heterocycles. The Kier molecular flexibility index (Phi) is 4.98. The Labute approximate surface area is 187 Å². The Morgan fingerprint density at radius 3 is 2.97 bits per heavy atom. The fraction of sp³-hybridized carbons (Fsp3) is 0.136. The van der Waals surface area contributed by atoms with Gasteiger partial charge in [0.2, 0.25) is 0 Å². The first-order chi connectivity index (χ1) is 15.6. The number of hydrogen-bond donors (Lipinski definition) is 1. The highest BCUT2D eigenvalue weighted by Crippen LogP contribution is 2.39. The summed E-state index contributed by atoms with van der Waals surface area (Å²) in [5, 5.41) is 10.2. The van der Waals surface area contributed by atoms with E-state index in [1.54, 1.807) is 31.4 Å². The first-order valence-corrected chi connectivity index (χ1v) is 10.6. The molecule has 0 bridgehead atoms. The molecule has 4 heterocycles. The summed E-state index contributed by atoms with van der Waals surface area (Å²) in [4.78, 5) is 23.0. The molecule has 5 rings (SSSR count). The normalized spacial score (nSPS) is 14.4. The summed E-state index contributed by atoms with van der Waals surface area (Å²) in [5.41, 5.74) is 9.65. The van der Waals surface area contributed by atoms with Gasteiger partial charge in [-0.25, -0.2) is 0 Å². The third-order valence-corrected chi connectivity index (χ3v) is 6.16.